The number of hydrogen-bond donors (Lipinski definition) is 2. The molecule has 2 N–H and O–H groups in total. The molecule has 7 heteroatoms. The molecule has 0 amide bonds. The number of nitrogens with one attached hydrogen (secondary N) is 2. The van der Waals surface area contributed by atoms with Crippen molar-refractivity contribution in [3.8, 4) is 5.00 Å². The summed E-state index contributed by atoms with van der Waals surface area (Å²) in [5.74, 6) is -0.0328. The van der Waals surface area contributed by atoms with E-state index < -0.39 is 0 Å². The van der Waals surface area contributed by atoms with Crippen LogP contribution in [0.25, 0.3) is 5.00 Å². The van der Waals surface area contributed by atoms with Crippen LogP contribution in [0.2, 0.25) is 0 Å². The molecule has 2 aliphatic rings. The maximum Gasteiger partial charge on any atom is 0.341 e. The van der Waals surface area contributed by atoms with Crippen molar-refractivity contribution in [1.82, 2.24) is 4.57 Å². The number of carbonyl (C=O) groups excluding carboxylic acids is 2. The highest BCUT2D eigenvalue weighted by atomic mass is 32.1. The van der Waals surface area contributed by atoms with Gasteiger partial charge >= 0.3 is 5.97 Å². The summed E-state index contributed by atoms with van der Waals surface area (Å²) in [7, 11) is 2.22. The molecular formula is C24H35N3O3S+2. The number of Topliss-reactive ketones (excluding diaryl/α,β-unsaturated/α-hetero) is 1. The number of thiophene rings is 1. The van der Waals surface area contributed by atoms with Crippen LogP contribution in [0.15, 0.2) is 6.07 Å². The van der Waals surface area contributed by atoms with Crippen molar-refractivity contribution in [1.29, 1.82) is 0 Å². The Kier molecular flexibility index (Phi) is 6.65. The summed E-state index contributed by atoms with van der Waals surface area (Å²) >= 11 is 1.70. The Morgan fingerprint density at radius 3 is 2.55 bits per heavy atom. The zero-order chi connectivity index (χ0) is 22.1. The van der Waals surface area contributed by atoms with Crippen molar-refractivity contribution in [2.45, 2.75) is 46.5 Å². The molecular weight excluding hydrogens is 410 g/mol. The van der Waals surface area contributed by atoms with Crippen LogP contribution in [0.1, 0.15) is 62.3 Å². The maximum absolute atomic E-state index is 13.2. The molecule has 4 rings (SSSR count). The lowest BCUT2D eigenvalue weighted by atomic mass is 9.95. The number of ketones is 1. The van der Waals surface area contributed by atoms with Gasteiger partial charge in [0.2, 0.25) is 5.78 Å². The standard InChI is InChI=1S/C24H33N3O3S/c1-5-30-24(29)22-18-8-6-7-9-21(18)31-23(22)27-16(2)14-19(17(27)3)20(28)15-26-12-10-25(4)11-13-26/h14H,5-13,15H2,1-4H3/p+2. The fourth-order valence-electron chi connectivity index (χ4n) is 5.01. The minimum absolute atomic E-state index is 0.202. The molecule has 1 fully saturated rings. The number of nitrogens with zero attached hydrogens (tertiary/aromatic N) is 1. The van der Waals surface area contributed by atoms with Gasteiger partial charge in [-0.3, -0.25) is 4.79 Å². The average Bonchev–Trinajstić information content (AvgIpc) is 3.26. The second-order valence-corrected chi connectivity index (χ2v) is 10.1. The number of ether oxygens (including phenoxy) is 1. The lowest BCUT2D eigenvalue weighted by Crippen LogP contribution is -3.27. The molecule has 168 valence electrons. The molecule has 2 aromatic heterocycles. The molecule has 0 radical (unpaired) electrons. The lowest BCUT2D eigenvalue weighted by molar-refractivity contribution is -0.999. The number of hydrogen-bond acceptors (Lipinski definition) is 4. The fourth-order valence-corrected chi connectivity index (χ4v) is 6.50. The summed E-state index contributed by atoms with van der Waals surface area (Å²) in [5.41, 5.74) is 4.61. The second kappa shape index (κ2) is 9.27. The van der Waals surface area contributed by atoms with Crippen molar-refractivity contribution in [2.75, 3.05) is 46.4 Å². The van der Waals surface area contributed by atoms with Crippen molar-refractivity contribution in [2.24, 2.45) is 0 Å². The van der Waals surface area contributed by atoms with Crippen LogP contribution < -0.4 is 9.80 Å². The number of carbonyl (C=O) groups is 2. The molecule has 0 spiro atoms. The summed E-state index contributed by atoms with van der Waals surface area (Å²) in [4.78, 5) is 30.3. The minimum atomic E-state index is -0.235. The number of likely N-dealkylation sites (N-methyl/N-ethyl adjacent to an activating group) is 1. The molecule has 0 atom stereocenters. The highest BCUT2D eigenvalue weighted by Gasteiger charge is 2.30. The SMILES string of the molecule is CCOC(=O)c1c(-n2c(C)cc(C(=O)C[NH+]3CC[NH+](C)CC3)c2C)sc2c1CCCC2. The summed E-state index contributed by atoms with van der Waals surface area (Å²) in [6.45, 7) is 11.1. The van der Waals surface area contributed by atoms with E-state index in [1.807, 2.05) is 26.8 Å². The zero-order valence-electron chi connectivity index (χ0n) is 19.2. The van der Waals surface area contributed by atoms with Gasteiger partial charge in [0.25, 0.3) is 0 Å². The van der Waals surface area contributed by atoms with Crippen molar-refractivity contribution in [3.63, 3.8) is 0 Å². The zero-order valence-corrected chi connectivity index (χ0v) is 20.0. The maximum atomic E-state index is 13.2. The van der Waals surface area contributed by atoms with E-state index in [-0.39, 0.29) is 11.8 Å². The molecule has 0 aromatic carbocycles. The smallest absolute Gasteiger partial charge is 0.341 e. The number of aryl methyl sites for hydroxylation is 2. The predicted molar refractivity (Wildman–Crippen MR) is 122 cm³/mol. The summed E-state index contributed by atoms with van der Waals surface area (Å²) in [6, 6.07) is 2.01. The van der Waals surface area contributed by atoms with E-state index in [0.717, 1.165) is 84.9 Å². The molecule has 0 unspecified atom stereocenters. The van der Waals surface area contributed by atoms with E-state index in [1.54, 1.807) is 16.2 Å². The van der Waals surface area contributed by atoms with E-state index in [2.05, 4.69) is 11.6 Å². The monoisotopic (exact) mass is 445 g/mol. The summed E-state index contributed by atoms with van der Waals surface area (Å²) in [6.07, 6.45) is 4.22. The van der Waals surface area contributed by atoms with E-state index >= 15 is 0 Å². The normalized spacial score (nSPS) is 21.0. The summed E-state index contributed by atoms with van der Waals surface area (Å²) in [5, 5.41) is 0.926. The van der Waals surface area contributed by atoms with E-state index in [4.69, 9.17) is 4.74 Å². The predicted octanol–water partition coefficient (Wildman–Crippen LogP) is 0.807. The molecule has 6 nitrogen and oxygen atoms in total. The number of aromatic nitrogens is 1. The van der Waals surface area contributed by atoms with Crippen LogP contribution in [0.5, 0.6) is 0 Å². The van der Waals surface area contributed by atoms with Crippen molar-refractivity contribution in [3.05, 3.63) is 39.0 Å². The van der Waals surface area contributed by atoms with E-state index in [9.17, 15) is 9.59 Å². The third kappa shape index (κ3) is 4.36. The van der Waals surface area contributed by atoms with E-state index in [0.29, 0.717) is 13.2 Å². The van der Waals surface area contributed by atoms with Gasteiger partial charge in [-0.1, -0.05) is 0 Å². The Morgan fingerprint density at radius 1 is 1.13 bits per heavy atom. The average molecular weight is 446 g/mol. The van der Waals surface area contributed by atoms with Gasteiger partial charge in [-0.15, -0.1) is 11.3 Å². The van der Waals surface area contributed by atoms with Crippen LogP contribution in [0, 0.1) is 13.8 Å². The van der Waals surface area contributed by atoms with Gasteiger partial charge in [-0.05, 0) is 58.1 Å². The summed E-state index contributed by atoms with van der Waals surface area (Å²) < 4.78 is 7.56. The molecule has 0 bridgehead atoms. The molecule has 3 heterocycles. The highest BCUT2D eigenvalue weighted by molar-refractivity contribution is 7.15. The molecule has 1 aliphatic carbocycles. The van der Waals surface area contributed by atoms with Crippen molar-refractivity contribution >= 4 is 23.1 Å². The minimum Gasteiger partial charge on any atom is -0.462 e. The molecule has 1 aliphatic heterocycles. The number of esters is 1. The number of fused-ring (bicyclic) bond motifs is 1. The molecule has 31 heavy (non-hydrogen) atoms. The molecule has 1 saturated heterocycles. The first-order valence-electron chi connectivity index (χ1n) is 11.6. The van der Waals surface area contributed by atoms with Gasteiger partial charge in [0.15, 0.2) is 0 Å². The first-order chi connectivity index (χ1) is 14.9. The number of piperazine rings is 1. The van der Waals surface area contributed by atoms with Crippen LogP contribution in [0.3, 0.4) is 0 Å². The number of quaternary nitrogens is 2. The first-order valence-corrected chi connectivity index (χ1v) is 12.4. The van der Waals surface area contributed by atoms with Gasteiger partial charge in [0, 0.05) is 21.8 Å². The largest absolute Gasteiger partial charge is 0.462 e. The van der Waals surface area contributed by atoms with Crippen molar-refractivity contribution < 1.29 is 24.1 Å². The van der Waals surface area contributed by atoms with Crippen LogP contribution >= 0.6 is 11.3 Å². The highest BCUT2D eigenvalue weighted by Crippen LogP contribution is 2.39. The second-order valence-electron chi connectivity index (χ2n) is 9.04. The topological polar surface area (TPSA) is 57.2 Å². The number of rotatable bonds is 6. The van der Waals surface area contributed by atoms with Gasteiger partial charge in [-0.25, -0.2) is 4.79 Å². The first kappa shape index (κ1) is 22.2. The van der Waals surface area contributed by atoms with E-state index in [1.165, 1.54) is 9.78 Å². The Balaban J connectivity index is 1.68. The van der Waals surface area contributed by atoms with Gasteiger partial charge in [0.05, 0.1) is 19.2 Å². The third-order valence-electron chi connectivity index (χ3n) is 6.79. The Morgan fingerprint density at radius 2 is 1.84 bits per heavy atom. The molecule has 2 aromatic rings. The van der Waals surface area contributed by atoms with Gasteiger partial charge in [0.1, 0.15) is 37.7 Å². The van der Waals surface area contributed by atoms with Crippen LogP contribution in [-0.2, 0) is 17.6 Å². The van der Waals surface area contributed by atoms with Gasteiger partial charge in [-0.2, -0.15) is 0 Å². The molecule has 0 saturated carbocycles. The fraction of sp³-hybridized carbons (Fsp3) is 0.583. The van der Waals surface area contributed by atoms with Crippen LogP contribution in [-0.4, -0.2) is 62.7 Å². The quantitative estimate of drug-likeness (QED) is 0.511. The lowest BCUT2D eigenvalue weighted by Gasteiger charge is -2.26. The Labute approximate surface area is 188 Å². The van der Waals surface area contributed by atoms with Gasteiger partial charge < -0.3 is 19.1 Å². The Hall–Kier alpha value is -1.96. The van der Waals surface area contributed by atoms with Crippen LogP contribution in [0.4, 0.5) is 0 Å². The Bertz CT molecular complexity index is 983. The third-order valence-corrected chi connectivity index (χ3v) is 8.07.